The largest absolute Gasteiger partial charge is 0.468 e. The third-order valence-electron chi connectivity index (χ3n) is 4.16. The maximum absolute atomic E-state index is 5.72. The molecule has 1 heterocycles. The molecule has 0 aromatic carbocycles. The Kier molecular flexibility index (Phi) is 3.94. The first-order valence-corrected chi connectivity index (χ1v) is 7.74. The Bertz CT molecular complexity index is 405. The number of nitrogens with zero attached hydrogens (tertiary/aromatic N) is 1. The Morgan fingerprint density at radius 1 is 1.32 bits per heavy atom. The Hall–Kier alpha value is -0.800. The van der Waals surface area contributed by atoms with E-state index in [2.05, 4.69) is 30.1 Å². The molecule has 1 N–H and O–H groups in total. The molecule has 0 aliphatic heterocycles. The van der Waals surface area contributed by atoms with Gasteiger partial charge in [0.2, 0.25) is 0 Å². The monoisotopic (exact) mass is 262 g/mol. The number of nitrogens with one attached hydrogen (secondary N) is 1. The van der Waals surface area contributed by atoms with Gasteiger partial charge in [-0.2, -0.15) is 0 Å². The van der Waals surface area contributed by atoms with E-state index in [-0.39, 0.29) is 0 Å². The molecule has 0 unspecified atom stereocenters. The highest BCUT2D eigenvalue weighted by molar-refractivity contribution is 5.13. The summed E-state index contributed by atoms with van der Waals surface area (Å²) < 4.78 is 5.72. The fourth-order valence-corrected chi connectivity index (χ4v) is 2.44. The summed E-state index contributed by atoms with van der Waals surface area (Å²) in [7, 11) is 0. The van der Waals surface area contributed by atoms with E-state index in [1.54, 1.807) is 0 Å². The summed E-state index contributed by atoms with van der Waals surface area (Å²) in [5.41, 5.74) is 1.29. The molecular formula is C16H26N2O. The summed E-state index contributed by atoms with van der Waals surface area (Å²) in [5.74, 6) is 2.05. The van der Waals surface area contributed by atoms with Crippen LogP contribution in [0.2, 0.25) is 0 Å². The van der Waals surface area contributed by atoms with E-state index in [9.17, 15) is 0 Å². The lowest BCUT2D eigenvalue weighted by Gasteiger charge is -2.25. The van der Waals surface area contributed by atoms with Crippen molar-refractivity contribution in [2.75, 3.05) is 6.54 Å². The van der Waals surface area contributed by atoms with Gasteiger partial charge in [0.25, 0.3) is 0 Å². The van der Waals surface area contributed by atoms with Crippen LogP contribution in [0.25, 0.3) is 0 Å². The van der Waals surface area contributed by atoms with Crippen molar-refractivity contribution >= 4 is 0 Å². The van der Waals surface area contributed by atoms with Crippen LogP contribution < -0.4 is 5.32 Å². The van der Waals surface area contributed by atoms with Gasteiger partial charge in [0.1, 0.15) is 5.76 Å². The molecule has 0 saturated heterocycles. The highest BCUT2D eigenvalue weighted by Gasteiger charge is 2.26. The van der Waals surface area contributed by atoms with Gasteiger partial charge in [0.05, 0.1) is 12.8 Å². The number of hydrogen-bond acceptors (Lipinski definition) is 3. The first-order valence-electron chi connectivity index (χ1n) is 7.74. The van der Waals surface area contributed by atoms with Gasteiger partial charge in [-0.15, -0.1) is 0 Å². The third kappa shape index (κ3) is 4.08. The Morgan fingerprint density at radius 2 is 2.11 bits per heavy atom. The van der Waals surface area contributed by atoms with Crippen LogP contribution >= 0.6 is 0 Å². The zero-order chi connectivity index (χ0) is 13.2. The van der Waals surface area contributed by atoms with Gasteiger partial charge in [-0.25, -0.2) is 0 Å². The maximum atomic E-state index is 5.72. The van der Waals surface area contributed by atoms with E-state index in [1.165, 1.54) is 37.8 Å². The molecule has 3 nitrogen and oxygen atoms in total. The standard InChI is InChI=1S/C16H26N2O/c1-12(2)18(9-13-3-4-13)10-16-7-14(11-19-16)8-17-15-5-6-15/h7,11-13,15,17H,3-6,8-10H2,1-2H3. The average molecular weight is 262 g/mol. The van der Waals surface area contributed by atoms with Crippen molar-refractivity contribution in [3.8, 4) is 0 Å². The molecule has 3 rings (SSSR count). The second-order valence-electron chi connectivity index (χ2n) is 6.54. The van der Waals surface area contributed by atoms with Crippen molar-refractivity contribution in [2.24, 2.45) is 5.92 Å². The summed E-state index contributed by atoms with van der Waals surface area (Å²) in [6, 6.07) is 3.58. The predicted molar refractivity (Wildman–Crippen MR) is 76.8 cm³/mol. The van der Waals surface area contributed by atoms with Crippen LogP contribution in [0.1, 0.15) is 50.9 Å². The fourth-order valence-electron chi connectivity index (χ4n) is 2.44. The van der Waals surface area contributed by atoms with E-state index in [0.29, 0.717) is 6.04 Å². The van der Waals surface area contributed by atoms with Gasteiger partial charge in [-0.1, -0.05) is 0 Å². The van der Waals surface area contributed by atoms with E-state index in [0.717, 1.165) is 30.8 Å². The van der Waals surface area contributed by atoms with E-state index in [4.69, 9.17) is 4.42 Å². The first-order chi connectivity index (χ1) is 9.20. The Labute approximate surface area is 116 Å². The molecule has 2 fully saturated rings. The van der Waals surface area contributed by atoms with Crippen molar-refractivity contribution in [1.82, 2.24) is 10.2 Å². The predicted octanol–water partition coefficient (Wildman–Crippen LogP) is 3.15. The zero-order valence-corrected chi connectivity index (χ0v) is 12.2. The van der Waals surface area contributed by atoms with Gasteiger partial charge in [0.15, 0.2) is 0 Å². The molecule has 2 aliphatic carbocycles. The molecular weight excluding hydrogens is 236 g/mol. The van der Waals surface area contributed by atoms with Crippen LogP contribution in [0, 0.1) is 5.92 Å². The third-order valence-corrected chi connectivity index (χ3v) is 4.16. The van der Waals surface area contributed by atoms with E-state index >= 15 is 0 Å². The quantitative estimate of drug-likeness (QED) is 0.780. The lowest BCUT2D eigenvalue weighted by atomic mass is 10.2. The molecule has 0 radical (unpaired) electrons. The normalized spacial score (nSPS) is 19.6. The highest BCUT2D eigenvalue weighted by atomic mass is 16.3. The summed E-state index contributed by atoms with van der Waals surface area (Å²) in [6.07, 6.45) is 7.43. The number of hydrogen-bond donors (Lipinski definition) is 1. The minimum Gasteiger partial charge on any atom is -0.468 e. The van der Waals surface area contributed by atoms with Crippen molar-refractivity contribution in [3.63, 3.8) is 0 Å². The zero-order valence-electron chi connectivity index (χ0n) is 12.2. The topological polar surface area (TPSA) is 28.4 Å². The minimum absolute atomic E-state index is 0.596. The van der Waals surface area contributed by atoms with Crippen molar-refractivity contribution in [2.45, 2.75) is 64.7 Å². The lowest BCUT2D eigenvalue weighted by Crippen LogP contribution is -2.32. The second kappa shape index (κ2) is 5.68. The van der Waals surface area contributed by atoms with Gasteiger partial charge in [-0.3, -0.25) is 4.90 Å². The molecule has 0 atom stereocenters. The van der Waals surface area contributed by atoms with Crippen LogP contribution in [-0.4, -0.2) is 23.5 Å². The molecule has 3 heteroatoms. The summed E-state index contributed by atoms with van der Waals surface area (Å²) in [6.45, 7) is 7.70. The van der Waals surface area contributed by atoms with Crippen molar-refractivity contribution < 1.29 is 4.42 Å². The Balaban J connectivity index is 1.51. The lowest BCUT2D eigenvalue weighted by molar-refractivity contribution is 0.188. The van der Waals surface area contributed by atoms with Crippen LogP contribution in [0.15, 0.2) is 16.7 Å². The molecule has 19 heavy (non-hydrogen) atoms. The van der Waals surface area contributed by atoms with Crippen LogP contribution in [0.4, 0.5) is 0 Å². The number of rotatable bonds is 8. The fraction of sp³-hybridized carbons (Fsp3) is 0.750. The Morgan fingerprint density at radius 3 is 2.74 bits per heavy atom. The van der Waals surface area contributed by atoms with Crippen molar-refractivity contribution in [3.05, 3.63) is 23.7 Å². The van der Waals surface area contributed by atoms with Crippen LogP contribution in [0.3, 0.4) is 0 Å². The molecule has 1 aromatic rings. The summed E-state index contributed by atoms with van der Waals surface area (Å²) in [5, 5.41) is 3.53. The summed E-state index contributed by atoms with van der Waals surface area (Å²) >= 11 is 0. The molecule has 0 spiro atoms. The SMILES string of the molecule is CC(C)N(Cc1cc(CNC2CC2)co1)CC1CC1. The smallest absolute Gasteiger partial charge is 0.118 e. The molecule has 2 aliphatic rings. The highest BCUT2D eigenvalue weighted by Crippen LogP contribution is 2.31. The molecule has 106 valence electrons. The van der Waals surface area contributed by atoms with Crippen molar-refractivity contribution in [1.29, 1.82) is 0 Å². The van der Waals surface area contributed by atoms with Gasteiger partial charge in [-0.05, 0) is 51.5 Å². The first kappa shape index (κ1) is 13.2. The minimum atomic E-state index is 0.596. The van der Waals surface area contributed by atoms with E-state index < -0.39 is 0 Å². The summed E-state index contributed by atoms with van der Waals surface area (Å²) in [4.78, 5) is 2.54. The second-order valence-corrected chi connectivity index (χ2v) is 6.54. The molecule has 0 amide bonds. The maximum Gasteiger partial charge on any atom is 0.118 e. The van der Waals surface area contributed by atoms with Crippen LogP contribution in [0.5, 0.6) is 0 Å². The van der Waals surface area contributed by atoms with Gasteiger partial charge >= 0.3 is 0 Å². The number of furan rings is 1. The average Bonchev–Trinajstić information content (AvgIpc) is 3.28. The molecule has 2 saturated carbocycles. The molecule has 0 bridgehead atoms. The van der Waals surface area contributed by atoms with Gasteiger partial charge in [0, 0.05) is 30.7 Å². The molecule has 1 aromatic heterocycles. The van der Waals surface area contributed by atoms with Crippen LogP contribution in [-0.2, 0) is 13.1 Å². The van der Waals surface area contributed by atoms with E-state index in [1.807, 2.05) is 6.26 Å². The van der Waals surface area contributed by atoms with Gasteiger partial charge < -0.3 is 9.73 Å².